The third-order valence-electron chi connectivity index (χ3n) is 6.41. The molecule has 0 saturated carbocycles. The number of aromatic nitrogens is 1. The van der Waals surface area contributed by atoms with Crippen LogP contribution in [0.1, 0.15) is 46.7 Å². The smallest absolute Gasteiger partial charge is 0.313 e. The predicted molar refractivity (Wildman–Crippen MR) is 127 cm³/mol. The van der Waals surface area contributed by atoms with Gasteiger partial charge in [-0.3, -0.25) is 0 Å². The van der Waals surface area contributed by atoms with Gasteiger partial charge in [0.15, 0.2) is 6.21 Å². The standard InChI is InChI=1S/C26H29N3O3/c1-15-11-22(28-23(27)12-15)20-8-6-7-19(13-20)14-29(31)26(5)10-9-21-18(4)24(30)16(2)17(3)25(21)32-26/h6-8,11-14,30H,9-10H2,1-5H3,(H2,27,28)/b29-14-. The van der Waals surface area contributed by atoms with Gasteiger partial charge in [-0.05, 0) is 80.6 Å². The van der Waals surface area contributed by atoms with Crippen LogP contribution in [0.3, 0.4) is 0 Å². The Morgan fingerprint density at radius 3 is 2.59 bits per heavy atom. The van der Waals surface area contributed by atoms with Crippen molar-refractivity contribution in [1.82, 2.24) is 4.98 Å². The van der Waals surface area contributed by atoms with Crippen LogP contribution in [0.4, 0.5) is 5.82 Å². The van der Waals surface area contributed by atoms with E-state index in [4.69, 9.17) is 10.5 Å². The molecule has 1 aromatic heterocycles. The summed E-state index contributed by atoms with van der Waals surface area (Å²) in [5, 5.41) is 23.6. The molecular weight excluding hydrogens is 402 g/mol. The van der Waals surface area contributed by atoms with Crippen LogP contribution in [0.15, 0.2) is 36.4 Å². The normalized spacial score (nSPS) is 18.2. The van der Waals surface area contributed by atoms with Crippen molar-refractivity contribution in [2.24, 2.45) is 0 Å². The molecule has 0 amide bonds. The van der Waals surface area contributed by atoms with Gasteiger partial charge in [-0.15, -0.1) is 0 Å². The number of rotatable bonds is 3. The molecule has 1 aliphatic heterocycles. The number of fused-ring (bicyclic) bond motifs is 1. The molecule has 1 atom stereocenters. The number of phenols is 1. The maximum atomic E-state index is 13.3. The monoisotopic (exact) mass is 431 g/mol. The first-order chi connectivity index (χ1) is 15.1. The number of hydrogen-bond donors (Lipinski definition) is 2. The average molecular weight is 432 g/mol. The van der Waals surface area contributed by atoms with Crippen LogP contribution in [0.25, 0.3) is 11.3 Å². The summed E-state index contributed by atoms with van der Waals surface area (Å²) in [6, 6.07) is 11.4. The lowest BCUT2D eigenvalue weighted by Crippen LogP contribution is -2.46. The molecule has 2 heterocycles. The van der Waals surface area contributed by atoms with E-state index < -0.39 is 5.72 Å². The highest BCUT2D eigenvalue weighted by atomic mass is 16.6. The zero-order chi connectivity index (χ0) is 23.2. The highest BCUT2D eigenvalue weighted by molar-refractivity contribution is 5.79. The van der Waals surface area contributed by atoms with Gasteiger partial charge in [0, 0.05) is 23.6 Å². The van der Waals surface area contributed by atoms with Crippen LogP contribution in [0, 0.1) is 32.9 Å². The number of benzene rings is 2. The van der Waals surface area contributed by atoms with E-state index in [0.717, 1.165) is 49.4 Å². The first kappa shape index (κ1) is 21.7. The first-order valence-electron chi connectivity index (χ1n) is 10.8. The fourth-order valence-corrected chi connectivity index (χ4v) is 4.28. The minimum Gasteiger partial charge on any atom is -0.621 e. The second-order valence-corrected chi connectivity index (χ2v) is 8.84. The van der Waals surface area contributed by atoms with Gasteiger partial charge in [-0.25, -0.2) is 4.98 Å². The van der Waals surface area contributed by atoms with Crippen molar-refractivity contribution in [3.8, 4) is 22.8 Å². The Balaban J connectivity index is 1.68. The van der Waals surface area contributed by atoms with Crippen LogP contribution >= 0.6 is 0 Å². The number of nitrogen functional groups attached to an aromatic ring is 1. The molecule has 6 nitrogen and oxygen atoms in total. The minimum atomic E-state index is -1.05. The fraction of sp³-hybridized carbons (Fsp3) is 0.308. The second kappa shape index (κ2) is 7.86. The number of phenolic OH excluding ortho intramolecular Hbond substituents is 1. The number of pyridine rings is 1. The molecule has 166 valence electrons. The SMILES string of the molecule is Cc1cc(N)nc(-c2cccc(/C=[N+](\[O-])C3(C)CCc4c(C)c(O)c(C)c(C)c4O3)c2)c1. The minimum absolute atomic E-state index is 0.307. The molecule has 0 bridgehead atoms. The zero-order valence-corrected chi connectivity index (χ0v) is 19.2. The predicted octanol–water partition coefficient (Wildman–Crippen LogP) is 4.94. The third-order valence-corrected chi connectivity index (χ3v) is 6.41. The highest BCUT2D eigenvalue weighted by Crippen LogP contribution is 2.43. The van der Waals surface area contributed by atoms with Crippen molar-refractivity contribution >= 4 is 12.0 Å². The number of aromatic hydroxyl groups is 1. The van der Waals surface area contributed by atoms with Gasteiger partial charge in [0.25, 0.3) is 0 Å². The molecule has 6 heteroatoms. The maximum Gasteiger partial charge on any atom is 0.313 e. The number of anilines is 1. The molecule has 0 aliphatic carbocycles. The Kier molecular flexibility index (Phi) is 5.33. The Morgan fingerprint density at radius 2 is 1.88 bits per heavy atom. The van der Waals surface area contributed by atoms with Crippen LogP contribution < -0.4 is 10.5 Å². The third kappa shape index (κ3) is 3.77. The summed E-state index contributed by atoms with van der Waals surface area (Å²) in [5.41, 5.74) is 11.7. The van der Waals surface area contributed by atoms with Crippen LogP contribution in [-0.2, 0) is 6.42 Å². The Bertz CT molecular complexity index is 1230. The van der Waals surface area contributed by atoms with Crippen molar-refractivity contribution < 1.29 is 14.6 Å². The molecule has 1 aliphatic rings. The molecular formula is C26H29N3O3. The summed E-state index contributed by atoms with van der Waals surface area (Å²) in [6.45, 7) is 9.46. The van der Waals surface area contributed by atoms with E-state index in [1.807, 2.05) is 71.0 Å². The van der Waals surface area contributed by atoms with E-state index in [9.17, 15) is 10.3 Å². The molecule has 1 unspecified atom stereocenters. The zero-order valence-electron chi connectivity index (χ0n) is 19.2. The van der Waals surface area contributed by atoms with Crippen molar-refractivity contribution in [3.05, 3.63) is 75.0 Å². The molecule has 0 radical (unpaired) electrons. The number of aryl methyl sites for hydroxylation is 1. The van der Waals surface area contributed by atoms with E-state index in [1.165, 1.54) is 0 Å². The molecule has 3 aromatic rings. The van der Waals surface area contributed by atoms with Crippen LogP contribution in [-0.4, -0.2) is 26.8 Å². The van der Waals surface area contributed by atoms with E-state index >= 15 is 0 Å². The van der Waals surface area contributed by atoms with Crippen molar-refractivity contribution in [3.63, 3.8) is 0 Å². The number of hydroxylamine groups is 1. The van der Waals surface area contributed by atoms with E-state index in [2.05, 4.69) is 4.98 Å². The Morgan fingerprint density at radius 1 is 1.12 bits per heavy atom. The van der Waals surface area contributed by atoms with Gasteiger partial charge >= 0.3 is 5.72 Å². The van der Waals surface area contributed by atoms with Gasteiger partial charge in [-0.2, -0.15) is 4.74 Å². The van der Waals surface area contributed by atoms with Crippen molar-refractivity contribution in [2.45, 2.75) is 53.2 Å². The van der Waals surface area contributed by atoms with E-state index in [1.54, 1.807) is 6.21 Å². The summed E-state index contributed by atoms with van der Waals surface area (Å²) in [4.78, 5) is 4.41. The topological polar surface area (TPSA) is 94.4 Å². The molecule has 3 N–H and O–H groups in total. The lowest BCUT2D eigenvalue weighted by Gasteiger charge is -2.35. The number of nitrogens with zero attached hydrogens (tertiary/aromatic N) is 2. The van der Waals surface area contributed by atoms with Gasteiger partial charge in [0.2, 0.25) is 0 Å². The summed E-state index contributed by atoms with van der Waals surface area (Å²) in [6.07, 6.45) is 2.73. The Labute approximate surface area is 188 Å². The van der Waals surface area contributed by atoms with Crippen LogP contribution in [0.2, 0.25) is 0 Å². The van der Waals surface area contributed by atoms with E-state index in [-0.39, 0.29) is 0 Å². The molecule has 2 aromatic carbocycles. The molecule has 32 heavy (non-hydrogen) atoms. The molecule has 0 fully saturated rings. The summed E-state index contributed by atoms with van der Waals surface area (Å²) in [7, 11) is 0. The Hall–Kier alpha value is -3.54. The molecule has 0 saturated heterocycles. The quantitative estimate of drug-likeness (QED) is 0.265. The van der Waals surface area contributed by atoms with Gasteiger partial charge in [-0.1, -0.05) is 12.1 Å². The number of nitrogens with two attached hydrogens (primary N) is 1. The first-order valence-corrected chi connectivity index (χ1v) is 10.8. The average Bonchev–Trinajstić information content (AvgIpc) is 2.75. The van der Waals surface area contributed by atoms with Gasteiger partial charge in [0.05, 0.1) is 12.1 Å². The van der Waals surface area contributed by atoms with Crippen molar-refractivity contribution in [2.75, 3.05) is 5.73 Å². The van der Waals surface area contributed by atoms with Crippen molar-refractivity contribution in [1.29, 1.82) is 0 Å². The fourth-order valence-electron chi connectivity index (χ4n) is 4.28. The lowest BCUT2D eigenvalue weighted by atomic mass is 9.90. The summed E-state index contributed by atoms with van der Waals surface area (Å²) < 4.78 is 7.18. The molecule has 4 rings (SSSR count). The highest BCUT2D eigenvalue weighted by Gasteiger charge is 2.41. The lowest BCUT2D eigenvalue weighted by molar-refractivity contribution is -0.592. The maximum absolute atomic E-state index is 13.3. The summed E-state index contributed by atoms with van der Waals surface area (Å²) in [5.74, 6) is 1.48. The van der Waals surface area contributed by atoms with Crippen LogP contribution in [0.5, 0.6) is 11.5 Å². The van der Waals surface area contributed by atoms with E-state index in [0.29, 0.717) is 30.2 Å². The van der Waals surface area contributed by atoms with Gasteiger partial charge < -0.3 is 20.8 Å². The summed E-state index contributed by atoms with van der Waals surface area (Å²) >= 11 is 0. The number of hydrogen-bond acceptors (Lipinski definition) is 5. The van der Waals surface area contributed by atoms with Gasteiger partial charge in [0.1, 0.15) is 17.3 Å². The largest absolute Gasteiger partial charge is 0.621 e. The number of ether oxygens (including phenoxy) is 1. The second-order valence-electron chi connectivity index (χ2n) is 8.84. The molecule has 0 spiro atoms.